The lowest BCUT2D eigenvalue weighted by atomic mass is 10.6. The largest absolute Gasteiger partial charge is 0.406 e. The van der Waals surface area contributed by atoms with Crippen LogP contribution in [0, 0.1) is 20.2 Å². The summed E-state index contributed by atoms with van der Waals surface area (Å²) >= 11 is 5.66. The van der Waals surface area contributed by atoms with Gasteiger partial charge in [-0.3, -0.25) is 0 Å². The van der Waals surface area contributed by atoms with Crippen molar-refractivity contribution >= 4 is 43.5 Å². The van der Waals surface area contributed by atoms with Gasteiger partial charge in [-0.1, -0.05) is 14.9 Å². The highest BCUT2D eigenvalue weighted by atomic mass is 79.9. The fourth-order valence-corrected chi connectivity index (χ4v) is 1.79. The summed E-state index contributed by atoms with van der Waals surface area (Å²) in [7, 11) is 0. The van der Waals surface area contributed by atoms with Crippen LogP contribution in [-0.2, 0) is 0 Å². The highest BCUT2D eigenvalue weighted by molar-refractivity contribution is 9.11. The van der Waals surface area contributed by atoms with Gasteiger partial charge in [-0.25, -0.2) is 0 Å². The smallest absolute Gasteiger partial charge is 0.358 e. The van der Waals surface area contributed by atoms with E-state index < -0.39 is 22.2 Å². The van der Waals surface area contributed by atoms with Gasteiger partial charge in [0.05, 0.1) is 12.4 Å². The van der Waals surface area contributed by atoms with E-state index in [1.807, 2.05) is 0 Å². The summed E-state index contributed by atoms with van der Waals surface area (Å²) in [6.45, 7) is -3.00. The molecule has 0 aromatic carbocycles. The van der Waals surface area contributed by atoms with Crippen molar-refractivity contribution in [3.05, 3.63) is 41.6 Å². The molecule has 2 rings (SSSR count). The highest BCUT2D eigenvalue weighted by Gasteiger charge is 2.26. The summed E-state index contributed by atoms with van der Waals surface area (Å²) in [5.41, 5.74) is 0. The monoisotopic (exact) mass is 432 g/mol. The maximum atomic E-state index is 12.0. The van der Waals surface area contributed by atoms with Gasteiger partial charge in [-0.15, -0.1) is 5.10 Å². The molecule has 0 saturated heterocycles. The third-order valence-electron chi connectivity index (χ3n) is 1.84. The lowest BCUT2D eigenvalue weighted by Crippen LogP contribution is -2.05. The van der Waals surface area contributed by atoms with Crippen LogP contribution in [0.5, 0.6) is 0 Å². The summed E-state index contributed by atoms with van der Waals surface area (Å²) in [6, 6.07) is 0. The van der Waals surface area contributed by atoms with Crippen LogP contribution < -0.4 is 0 Å². The van der Waals surface area contributed by atoms with Crippen LogP contribution >= 0.6 is 31.9 Å². The van der Waals surface area contributed by atoms with E-state index in [4.69, 9.17) is 0 Å². The molecule has 1 N–H and O–H groups in total. The molecule has 0 aliphatic carbocycles. The van der Waals surface area contributed by atoms with Gasteiger partial charge in [0.1, 0.15) is 8.95 Å². The van der Waals surface area contributed by atoms with Gasteiger partial charge in [0, 0.05) is 0 Å². The van der Waals surface area contributed by atoms with E-state index in [0.717, 1.165) is 6.20 Å². The number of nitro groups is 2. The first-order valence-corrected chi connectivity index (χ1v) is 6.33. The van der Waals surface area contributed by atoms with Crippen molar-refractivity contribution in [3.63, 3.8) is 0 Å². The number of halogens is 4. The molecule has 0 aliphatic heterocycles. The summed E-state index contributed by atoms with van der Waals surface area (Å²) < 4.78 is 24.3. The number of hydrogen-bond acceptors (Lipinski definition) is 6. The second-order valence-corrected chi connectivity index (χ2v) is 4.83. The Morgan fingerprint density at radius 3 is 2.10 bits per heavy atom. The molecular weight excluding hydrogens is 430 g/mol. The van der Waals surface area contributed by atoms with Crippen molar-refractivity contribution in [3.8, 4) is 0 Å². The third-order valence-corrected chi connectivity index (χ3v) is 2.98. The average Bonchev–Trinajstić information content (AvgIpc) is 2.95. The second kappa shape index (κ2) is 7.16. The summed E-state index contributed by atoms with van der Waals surface area (Å²) in [5, 5.41) is 28.9. The molecule has 0 saturated carbocycles. The molecule has 0 atom stereocenters. The minimum Gasteiger partial charge on any atom is -0.358 e. The van der Waals surface area contributed by atoms with Crippen molar-refractivity contribution in [1.82, 2.24) is 20.0 Å². The first kappa shape index (κ1) is 17.1. The molecule has 2 heterocycles. The van der Waals surface area contributed by atoms with Gasteiger partial charge >= 0.3 is 18.2 Å². The fraction of sp³-hybridized carbons (Fsp3) is 0.143. The lowest BCUT2D eigenvalue weighted by Gasteiger charge is -1.96. The molecule has 0 bridgehead atoms. The lowest BCUT2D eigenvalue weighted by molar-refractivity contribution is -0.395. The maximum Gasteiger partial charge on any atom is 0.406 e. The second-order valence-electron chi connectivity index (χ2n) is 3.12. The van der Waals surface area contributed by atoms with Crippen molar-refractivity contribution in [2.45, 2.75) is 6.55 Å². The molecular formula is C7H4Br2F2N6O4. The van der Waals surface area contributed by atoms with E-state index in [9.17, 15) is 29.0 Å². The van der Waals surface area contributed by atoms with Gasteiger partial charge < -0.3 is 20.2 Å². The van der Waals surface area contributed by atoms with Crippen LogP contribution in [0.15, 0.2) is 21.3 Å². The Morgan fingerprint density at radius 1 is 1.19 bits per heavy atom. The molecule has 0 aliphatic rings. The van der Waals surface area contributed by atoms with E-state index in [2.05, 4.69) is 47.2 Å². The van der Waals surface area contributed by atoms with Crippen molar-refractivity contribution in [2.75, 3.05) is 0 Å². The summed E-state index contributed by atoms with van der Waals surface area (Å²) in [6.07, 6.45) is 2.28. The van der Waals surface area contributed by atoms with Crippen LogP contribution in [0.3, 0.4) is 0 Å². The minimum absolute atomic E-state index is 0.0318. The number of nitrogens with one attached hydrogen (secondary N) is 1. The zero-order chi connectivity index (χ0) is 16.2. The fourth-order valence-electron chi connectivity index (χ4n) is 1.04. The number of alkyl halides is 2. The van der Waals surface area contributed by atoms with Crippen LogP contribution in [0.1, 0.15) is 6.55 Å². The van der Waals surface area contributed by atoms with E-state index >= 15 is 0 Å². The van der Waals surface area contributed by atoms with Gasteiger partial charge in [0.25, 0.3) is 0 Å². The van der Waals surface area contributed by atoms with Crippen LogP contribution in [0.4, 0.5) is 20.4 Å². The van der Waals surface area contributed by atoms with Gasteiger partial charge in [0.2, 0.25) is 0 Å². The number of hydrogen-bond donors (Lipinski definition) is 1. The topological polar surface area (TPSA) is 133 Å². The zero-order valence-corrected chi connectivity index (χ0v) is 12.8. The number of rotatable bonds is 3. The number of aromatic nitrogens is 4. The molecule has 14 heteroatoms. The average molecular weight is 434 g/mol. The minimum atomic E-state index is -3.00. The van der Waals surface area contributed by atoms with E-state index in [0.29, 0.717) is 4.47 Å². The molecule has 114 valence electrons. The van der Waals surface area contributed by atoms with Gasteiger partial charge in [0.15, 0.2) is 0 Å². The Kier molecular flexibility index (Phi) is 5.83. The molecule has 0 spiro atoms. The first-order chi connectivity index (χ1) is 9.75. The third kappa shape index (κ3) is 4.25. The van der Waals surface area contributed by atoms with Gasteiger partial charge in [-0.05, 0) is 41.7 Å². The molecule has 0 radical (unpaired) electrons. The quantitative estimate of drug-likeness (QED) is 0.584. The van der Waals surface area contributed by atoms with Crippen molar-refractivity contribution < 1.29 is 18.6 Å². The number of aromatic amines is 1. The Bertz CT molecular complexity index is 659. The Labute approximate surface area is 130 Å². The predicted molar refractivity (Wildman–Crippen MR) is 70.8 cm³/mol. The van der Waals surface area contributed by atoms with Crippen LogP contribution in [0.2, 0.25) is 0 Å². The normalized spacial score (nSPS) is 10.1. The predicted octanol–water partition coefficient (Wildman–Crippen LogP) is 3.03. The highest BCUT2D eigenvalue weighted by Crippen LogP contribution is 2.27. The standard InChI is InChI=1S/C4H2BrF2N3O2.C3H2BrN3O2/c5-2-1-8-9(4(6)7)3(2)10(11)12;4-2-1-5-6-3(2)7(8)9/h1,4H;1H,(H,5,6). The van der Waals surface area contributed by atoms with Crippen LogP contribution in [-0.4, -0.2) is 29.8 Å². The van der Waals surface area contributed by atoms with E-state index in [1.54, 1.807) is 0 Å². The number of nitrogens with zero attached hydrogens (tertiary/aromatic N) is 5. The van der Waals surface area contributed by atoms with Crippen molar-refractivity contribution in [2.24, 2.45) is 0 Å². The van der Waals surface area contributed by atoms with Crippen molar-refractivity contribution in [1.29, 1.82) is 0 Å². The SMILES string of the molecule is O=[N+]([O-])c1[nH]ncc1Br.O=[N+]([O-])c1c(Br)cnn1C(F)F. The molecule has 10 nitrogen and oxygen atoms in total. The molecule has 0 unspecified atom stereocenters. The molecule has 2 aromatic heterocycles. The Morgan fingerprint density at radius 2 is 1.81 bits per heavy atom. The molecule has 21 heavy (non-hydrogen) atoms. The zero-order valence-electron chi connectivity index (χ0n) is 9.61. The van der Waals surface area contributed by atoms with Gasteiger partial charge in [-0.2, -0.15) is 8.78 Å². The summed E-state index contributed by atoms with van der Waals surface area (Å²) in [5.74, 6) is -0.861. The van der Waals surface area contributed by atoms with E-state index in [-0.39, 0.29) is 15.0 Å². The molecule has 0 fully saturated rings. The van der Waals surface area contributed by atoms with E-state index in [1.165, 1.54) is 6.20 Å². The Hall–Kier alpha value is -1.96. The maximum absolute atomic E-state index is 12.0. The Balaban J connectivity index is 0.000000219. The molecule has 2 aromatic rings. The molecule has 0 amide bonds. The number of H-pyrrole nitrogens is 1. The first-order valence-electron chi connectivity index (χ1n) is 4.74. The van der Waals surface area contributed by atoms with Crippen LogP contribution in [0.25, 0.3) is 0 Å². The summed E-state index contributed by atoms with van der Waals surface area (Å²) in [4.78, 5) is 18.7.